The van der Waals surface area contributed by atoms with Crippen molar-refractivity contribution in [2.45, 2.75) is 10.9 Å². The van der Waals surface area contributed by atoms with Crippen molar-refractivity contribution < 1.29 is 14.3 Å². The molecule has 1 N–H and O–H groups in total. The van der Waals surface area contributed by atoms with E-state index in [9.17, 15) is 9.90 Å². The number of nitrogens with one attached hydrogen (secondary N) is 1. The lowest BCUT2D eigenvalue weighted by Crippen LogP contribution is -2.21. The van der Waals surface area contributed by atoms with Gasteiger partial charge in [-0.05, 0) is 36.4 Å². The molecule has 0 unspecified atom stereocenters. The third kappa shape index (κ3) is 3.32. The highest BCUT2D eigenvalue weighted by atomic mass is 35.5. The summed E-state index contributed by atoms with van der Waals surface area (Å²) in [5, 5.41) is 18.7. The summed E-state index contributed by atoms with van der Waals surface area (Å²) in [6, 6.07) is 10.2. The average Bonchev–Trinajstić information content (AvgIpc) is 3.15. The number of H-pyrrole nitrogens is 1. The number of carbonyl (C=O) groups excluding carboxylic acids is 1. The van der Waals surface area contributed by atoms with Crippen molar-refractivity contribution in [2.24, 2.45) is 0 Å². The van der Waals surface area contributed by atoms with Gasteiger partial charge in [0.2, 0.25) is 5.16 Å². The Hall–Kier alpha value is -2.25. The van der Waals surface area contributed by atoms with Gasteiger partial charge in [-0.2, -0.15) is 0 Å². The summed E-state index contributed by atoms with van der Waals surface area (Å²) in [6.07, 6.45) is 0. The Kier molecular flexibility index (Phi) is 4.17. The summed E-state index contributed by atoms with van der Waals surface area (Å²) in [5.74, 6) is 0.0493. The van der Waals surface area contributed by atoms with Crippen LogP contribution in [-0.4, -0.2) is 21.2 Å². The van der Waals surface area contributed by atoms with Gasteiger partial charge in [-0.1, -0.05) is 23.4 Å². The maximum Gasteiger partial charge on any atom is 0.209 e. The van der Waals surface area contributed by atoms with E-state index in [2.05, 4.69) is 15.2 Å². The molecule has 0 aliphatic carbocycles. The van der Waals surface area contributed by atoms with Gasteiger partial charge in [0, 0.05) is 10.6 Å². The predicted molar refractivity (Wildman–Crippen MR) is 79.4 cm³/mol. The SMILES string of the molecule is O=C([O-])c1ccc(CSc2n[nH]c(-c3ccc(Cl)cc3)n2)o1. The molecule has 8 heteroatoms. The third-order valence-corrected chi connectivity index (χ3v) is 3.91. The highest BCUT2D eigenvalue weighted by molar-refractivity contribution is 7.98. The van der Waals surface area contributed by atoms with Crippen LogP contribution in [0.3, 0.4) is 0 Å². The molecule has 0 aliphatic rings. The fourth-order valence-corrected chi connectivity index (χ4v) is 2.57. The number of carboxylic acids is 1. The van der Waals surface area contributed by atoms with E-state index >= 15 is 0 Å². The Morgan fingerprint density at radius 1 is 1.27 bits per heavy atom. The van der Waals surface area contributed by atoms with Crippen molar-refractivity contribution in [1.29, 1.82) is 0 Å². The van der Waals surface area contributed by atoms with Gasteiger partial charge in [-0.25, -0.2) is 4.98 Å². The number of hydrogen-bond donors (Lipinski definition) is 1. The molecule has 0 saturated heterocycles. The molecule has 0 amide bonds. The smallest absolute Gasteiger partial charge is 0.209 e. The number of carboxylic acid groups (broad SMARTS) is 1. The maximum atomic E-state index is 10.6. The standard InChI is InChI=1S/C14H10ClN3O3S/c15-9-3-1-8(2-4-9)12-16-14(18-17-12)22-7-10-5-6-11(21-10)13(19)20/h1-6H,7H2,(H,19,20)(H,16,17,18)/p-1. The molecular weight excluding hydrogens is 326 g/mol. The number of rotatable bonds is 5. The van der Waals surface area contributed by atoms with Gasteiger partial charge in [0.1, 0.15) is 17.5 Å². The van der Waals surface area contributed by atoms with E-state index in [0.717, 1.165) is 5.56 Å². The van der Waals surface area contributed by atoms with Crippen LogP contribution < -0.4 is 5.11 Å². The second-order valence-electron chi connectivity index (χ2n) is 4.32. The Bertz CT molecular complexity index is 798. The van der Waals surface area contributed by atoms with Gasteiger partial charge in [-0.3, -0.25) is 5.10 Å². The zero-order valence-electron chi connectivity index (χ0n) is 11.1. The molecule has 0 fully saturated rings. The minimum atomic E-state index is -1.33. The zero-order chi connectivity index (χ0) is 15.5. The molecule has 3 rings (SSSR count). The first-order valence-corrected chi connectivity index (χ1v) is 7.59. The van der Waals surface area contributed by atoms with E-state index in [4.69, 9.17) is 16.0 Å². The molecule has 0 saturated carbocycles. The van der Waals surface area contributed by atoms with Gasteiger partial charge in [0.05, 0.1) is 5.75 Å². The number of hydrogen-bond acceptors (Lipinski definition) is 6. The number of carbonyl (C=O) groups is 1. The first-order valence-electron chi connectivity index (χ1n) is 6.23. The molecule has 0 aliphatic heterocycles. The topological polar surface area (TPSA) is 94.8 Å². The van der Waals surface area contributed by atoms with Crippen LogP contribution in [-0.2, 0) is 5.75 Å². The fourth-order valence-electron chi connectivity index (χ4n) is 1.75. The molecule has 2 heterocycles. The number of halogens is 1. The highest BCUT2D eigenvalue weighted by Gasteiger charge is 2.08. The van der Waals surface area contributed by atoms with Crippen molar-refractivity contribution in [2.75, 3.05) is 0 Å². The number of thioether (sulfide) groups is 1. The van der Waals surface area contributed by atoms with Gasteiger partial charge < -0.3 is 14.3 Å². The summed E-state index contributed by atoms with van der Waals surface area (Å²) in [7, 11) is 0. The lowest BCUT2D eigenvalue weighted by Gasteiger charge is -1.96. The van der Waals surface area contributed by atoms with E-state index in [1.807, 2.05) is 12.1 Å². The number of furan rings is 1. The number of benzene rings is 1. The number of aromatic carboxylic acids is 1. The van der Waals surface area contributed by atoms with Gasteiger partial charge in [0.25, 0.3) is 0 Å². The average molecular weight is 335 g/mol. The van der Waals surface area contributed by atoms with E-state index in [-0.39, 0.29) is 5.76 Å². The molecule has 2 aromatic heterocycles. The minimum Gasteiger partial charge on any atom is -0.542 e. The lowest BCUT2D eigenvalue weighted by molar-refractivity contribution is -0.257. The first kappa shape index (κ1) is 14.7. The van der Waals surface area contributed by atoms with Gasteiger partial charge in [0.15, 0.2) is 5.82 Å². The predicted octanol–water partition coefficient (Wildman–Crippen LogP) is 2.37. The molecule has 0 radical (unpaired) electrons. The molecular formula is C14H9ClN3O3S-. The Morgan fingerprint density at radius 2 is 2.05 bits per heavy atom. The minimum absolute atomic E-state index is 0.188. The number of aromatic amines is 1. The normalized spacial score (nSPS) is 10.8. The summed E-state index contributed by atoms with van der Waals surface area (Å²) >= 11 is 7.17. The summed E-state index contributed by atoms with van der Waals surface area (Å²) in [6.45, 7) is 0. The first-order chi connectivity index (χ1) is 10.6. The molecule has 0 spiro atoms. The van der Waals surface area contributed by atoms with Gasteiger partial charge in [-0.15, -0.1) is 5.10 Å². The van der Waals surface area contributed by atoms with Crippen LogP contribution in [0.5, 0.6) is 0 Å². The summed E-state index contributed by atoms with van der Waals surface area (Å²) < 4.78 is 5.11. The number of nitrogens with zero attached hydrogens (tertiary/aromatic N) is 2. The maximum absolute atomic E-state index is 10.6. The van der Waals surface area contributed by atoms with E-state index in [0.29, 0.717) is 27.5 Å². The van der Waals surface area contributed by atoms with Crippen molar-refractivity contribution in [1.82, 2.24) is 15.2 Å². The van der Waals surface area contributed by atoms with Crippen LogP contribution in [0, 0.1) is 0 Å². The van der Waals surface area contributed by atoms with Crippen LogP contribution in [0.4, 0.5) is 0 Å². The van der Waals surface area contributed by atoms with Crippen molar-refractivity contribution in [3.8, 4) is 11.4 Å². The Morgan fingerprint density at radius 3 is 2.73 bits per heavy atom. The van der Waals surface area contributed by atoms with E-state index in [1.165, 1.54) is 17.8 Å². The second kappa shape index (κ2) is 6.25. The van der Waals surface area contributed by atoms with E-state index in [1.54, 1.807) is 18.2 Å². The van der Waals surface area contributed by atoms with Crippen molar-refractivity contribution in [3.63, 3.8) is 0 Å². The monoisotopic (exact) mass is 334 g/mol. The Balaban J connectivity index is 1.66. The molecule has 22 heavy (non-hydrogen) atoms. The van der Waals surface area contributed by atoms with Crippen molar-refractivity contribution in [3.05, 3.63) is 52.9 Å². The van der Waals surface area contributed by atoms with Crippen LogP contribution >= 0.6 is 23.4 Å². The molecule has 0 bridgehead atoms. The lowest BCUT2D eigenvalue weighted by atomic mass is 10.2. The summed E-state index contributed by atoms with van der Waals surface area (Å²) in [4.78, 5) is 15.0. The van der Waals surface area contributed by atoms with Crippen LogP contribution in [0.25, 0.3) is 11.4 Å². The quantitative estimate of drug-likeness (QED) is 0.720. The van der Waals surface area contributed by atoms with Crippen LogP contribution in [0.1, 0.15) is 16.3 Å². The fraction of sp³-hybridized carbons (Fsp3) is 0.0714. The molecule has 1 aromatic carbocycles. The second-order valence-corrected chi connectivity index (χ2v) is 5.69. The molecule has 112 valence electrons. The molecule has 0 atom stereocenters. The Labute approximate surface area is 134 Å². The molecule has 3 aromatic rings. The third-order valence-electron chi connectivity index (χ3n) is 2.79. The zero-order valence-corrected chi connectivity index (χ0v) is 12.6. The number of aromatic nitrogens is 3. The van der Waals surface area contributed by atoms with E-state index < -0.39 is 5.97 Å². The van der Waals surface area contributed by atoms with Gasteiger partial charge >= 0.3 is 0 Å². The largest absolute Gasteiger partial charge is 0.542 e. The van der Waals surface area contributed by atoms with Crippen molar-refractivity contribution >= 4 is 29.3 Å². The van der Waals surface area contributed by atoms with Crippen LogP contribution in [0.2, 0.25) is 5.02 Å². The highest BCUT2D eigenvalue weighted by Crippen LogP contribution is 2.24. The summed E-state index contributed by atoms with van der Waals surface area (Å²) in [5.41, 5.74) is 0.876. The van der Waals surface area contributed by atoms with Crippen LogP contribution in [0.15, 0.2) is 46.0 Å². The molecule has 6 nitrogen and oxygen atoms in total.